The maximum atomic E-state index is 11.9. The van der Waals surface area contributed by atoms with Crippen LogP contribution in [-0.2, 0) is 9.47 Å². The molecule has 0 spiro atoms. The fraction of sp³-hybridized carbons (Fsp3) is 0.846. The van der Waals surface area contributed by atoms with Crippen LogP contribution in [0.3, 0.4) is 0 Å². The first-order chi connectivity index (χ1) is 8.44. The zero-order chi connectivity index (χ0) is 15.0. The fourth-order valence-corrected chi connectivity index (χ4v) is 2.25. The van der Waals surface area contributed by atoms with Crippen molar-refractivity contribution in [1.82, 2.24) is 9.80 Å². The first-order valence-electron chi connectivity index (χ1n) is 6.31. The van der Waals surface area contributed by atoms with Crippen LogP contribution < -0.4 is 0 Å². The van der Waals surface area contributed by atoms with Crippen LogP contribution in [0.25, 0.3) is 0 Å². The summed E-state index contributed by atoms with van der Waals surface area (Å²) in [6.07, 6.45) is -1.39. The van der Waals surface area contributed by atoms with Crippen LogP contribution >= 0.6 is 0 Å². The van der Waals surface area contributed by atoms with Gasteiger partial charge in [-0.25, -0.2) is 9.59 Å². The van der Waals surface area contributed by atoms with Gasteiger partial charge in [0.15, 0.2) is 6.23 Å². The van der Waals surface area contributed by atoms with Crippen molar-refractivity contribution in [3.63, 3.8) is 0 Å². The van der Waals surface area contributed by atoms with Crippen molar-refractivity contribution in [2.75, 3.05) is 20.6 Å². The third-order valence-electron chi connectivity index (χ3n) is 2.89. The zero-order valence-electron chi connectivity index (χ0n) is 12.8. The lowest BCUT2D eigenvalue weighted by Gasteiger charge is -2.46. The number of hydrogen-bond donors (Lipinski definition) is 0. The van der Waals surface area contributed by atoms with Gasteiger partial charge in [0, 0.05) is 26.1 Å². The minimum atomic E-state index is -0.755. The fourth-order valence-electron chi connectivity index (χ4n) is 2.25. The van der Waals surface area contributed by atoms with Crippen molar-refractivity contribution in [1.29, 1.82) is 0 Å². The SMILES string of the molecule is CN1CC(C)(C)C(OC(=O)OC(C)(C)C)N(C)C1=O. The smallest absolute Gasteiger partial charge is 0.429 e. The number of carbonyl (C=O) groups is 2. The van der Waals surface area contributed by atoms with Gasteiger partial charge in [-0.05, 0) is 20.8 Å². The summed E-state index contributed by atoms with van der Waals surface area (Å²) < 4.78 is 10.5. The van der Waals surface area contributed by atoms with Gasteiger partial charge in [0.1, 0.15) is 5.60 Å². The Hall–Kier alpha value is -1.46. The molecule has 1 unspecified atom stereocenters. The van der Waals surface area contributed by atoms with Crippen LogP contribution in [0.5, 0.6) is 0 Å². The normalized spacial score (nSPS) is 23.3. The molecule has 19 heavy (non-hydrogen) atoms. The van der Waals surface area contributed by atoms with Crippen molar-refractivity contribution < 1.29 is 19.1 Å². The van der Waals surface area contributed by atoms with Gasteiger partial charge < -0.3 is 14.4 Å². The molecule has 0 radical (unpaired) electrons. The zero-order valence-corrected chi connectivity index (χ0v) is 12.8. The van der Waals surface area contributed by atoms with Crippen molar-refractivity contribution in [3.05, 3.63) is 0 Å². The highest BCUT2D eigenvalue weighted by Gasteiger charge is 2.45. The van der Waals surface area contributed by atoms with Gasteiger partial charge in [-0.2, -0.15) is 0 Å². The first kappa shape index (κ1) is 15.6. The number of rotatable bonds is 1. The molecule has 0 bridgehead atoms. The molecule has 1 rings (SSSR count). The number of hydrogen-bond acceptors (Lipinski definition) is 4. The van der Waals surface area contributed by atoms with Gasteiger partial charge in [0.05, 0.1) is 0 Å². The van der Waals surface area contributed by atoms with E-state index in [4.69, 9.17) is 9.47 Å². The van der Waals surface area contributed by atoms with Gasteiger partial charge in [0.2, 0.25) is 0 Å². The lowest BCUT2D eigenvalue weighted by Crippen LogP contribution is -2.61. The lowest BCUT2D eigenvalue weighted by atomic mass is 9.88. The molecule has 0 aromatic carbocycles. The summed E-state index contributed by atoms with van der Waals surface area (Å²) in [5.74, 6) is 0. The second-order valence-corrected chi connectivity index (χ2v) is 6.67. The van der Waals surface area contributed by atoms with Crippen molar-refractivity contribution in [2.45, 2.75) is 46.4 Å². The van der Waals surface area contributed by atoms with Gasteiger partial charge in [-0.1, -0.05) is 13.8 Å². The Morgan fingerprint density at radius 2 is 1.84 bits per heavy atom. The molecule has 1 aliphatic heterocycles. The summed E-state index contributed by atoms with van der Waals surface area (Å²) in [7, 11) is 3.35. The molecule has 6 nitrogen and oxygen atoms in total. The maximum Gasteiger partial charge on any atom is 0.510 e. The van der Waals surface area contributed by atoms with Gasteiger partial charge in [-0.15, -0.1) is 0 Å². The number of amides is 2. The van der Waals surface area contributed by atoms with Gasteiger partial charge in [0.25, 0.3) is 0 Å². The first-order valence-corrected chi connectivity index (χ1v) is 6.31. The molecule has 2 amide bonds. The summed E-state index contributed by atoms with van der Waals surface area (Å²) in [6, 6.07) is -0.173. The molecule has 0 aliphatic carbocycles. The van der Waals surface area contributed by atoms with E-state index in [0.29, 0.717) is 6.54 Å². The summed E-state index contributed by atoms with van der Waals surface area (Å²) >= 11 is 0. The number of ether oxygens (including phenoxy) is 2. The predicted octanol–water partition coefficient (Wildman–Crippen LogP) is 2.29. The Labute approximate surface area is 114 Å². The molecular weight excluding hydrogens is 248 g/mol. The van der Waals surface area contributed by atoms with E-state index >= 15 is 0 Å². The van der Waals surface area contributed by atoms with Crippen molar-refractivity contribution in [2.24, 2.45) is 5.41 Å². The highest BCUT2D eigenvalue weighted by molar-refractivity contribution is 5.75. The molecule has 1 aliphatic rings. The predicted molar refractivity (Wildman–Crippen MR) is 70.7 cm³/mol. The van der Waals surface area contributed by atoms with E-state index in [0.717, 1.165) is 0 Å². The van der Waals surface area contributed by atoms with Crippen LogP contribution in [-0.4, -0.2) is 54.5 Å². The minimum absolute atomic E-state index is 0.173. The third kappa shape index (κ3) is 3.75. The molecule has 0 aromatic rings. The Kier molecular flexibility index (Phi) is 4.03. The van der Waals surface area contributed by atoms with E-state index in [1.165, 1.54) is 4.90 Å². The van der Waals surface area contributed by atoms with E-state index < -0.39 is 18.0 Å². The molecule has 1 atom stereocenters. The summed E-state index contributed by atoms with van der Waals surface area (Å²) in [5.41, 5.74) is -0.983. The second-order valence-electron chi connectivity index (χ2n) is 6.67. The van der Waals surface area contributed by atoms with Gasteiger partial charge >= 0.3 is 12.2 Å². The third-order valence-corrected chi connectivity index (χ3v) is 2.89. The number of urea groups is 1. The summed E-state index contributed by atoms with van der Waals surface area (Å²) in [5, 5.41) is 0. The largest absolute Gasteiger partial charge is 0.510 e. The Bertz CT molecular complexity index is 373. The number of nitrogens with zero attached hydrogens (tertiary/aromatic N) is 2. The summed E-state index contributed by atoms with van der Waals surface area (Å²) in [6.45, 7) is 9.71. The standard InChI is InChI=1S/C13H24N2O4/c1-12(2,3)19-11(17)18-9-13(4,5)8-14(6)10(16)15(9)7/h9H,8H2,1-7H3. The van der Waals surface area contributed by atoms with Crippen LogP contribution in [0, 0.1) is 5.41 Å². The Balaban J connectivity index is 2.80. The molecule has 0 N–H and O–H groups in total. The van der Waals surface area contributed by atoms with E-state index in [1.54, 1.807) is 39.8 Å². The van der Waals surface area contributed by atoms with E-state index in [2.05, 4.69) is 0 Å². The average Bonchev–Trinajstić information content (AvgIpc) is 2.18. The van der Waals surface area contributed by atoms with Crippen molar-refractivity contribution >= 4 is 12.2 Å². The van der Waals surface area contributed by atoms with Crippen LogP contribution in [0.15, 0.2) is 0 Å². The topological polar surface area (TPSA) is 59.1 Å². The summed E-state index contributed by atoms with van der Waals surface area (Å²) in [4.78, 5) is 26.7. The average molecular weight is 272 g/mol. The highest BCUT2D eigenvalue weighted by atomic mass is 16.7. The Morgan fingerprint density at radius 1 is 1.32 bits per heavy atom. The second kappa shape index (κ2) is 4.90. The van der Waals surface area contributed by atoms with Crippen molar-refractivity contribution in [3.8, 4) is 0 Å². The Morgan fingerprint density at radius 3 is 2.32 bits per heavy atom. The molecule has 6 heteroatoms. The van der Waals surface area contributed by atoms with Gasteiger partial charge in [-0.3, -0.25) is 4.90 Å². The quantitative estimate of drug-likeness (QED) is 0.687. The molecule has 1 saturated heterocycles. The van der Waals surface area contributed by atoms with Crippen LogP contribution in [0.4, 0.5) is 9.59 Å². The monoisotopic (exact) mass is 272 g/mol. The minimum Gasteiger partial charge on any atom is -0.429 e. The van der Waals surface area contributed by atoms with Crippen LogP contribution in [0.2, 0.25) is 0 Å². The lowest BCUT2D eigenvalue weighted by molar-refractivity contribution is -0.119. The number of carbonyl (C=O) groups excluding carboxylic acids is 2. The van der Waals surface area contributed by atoms with E-state index in [9.17, 15) is 9.59 Å². The highest BCUT2D eigenvalue weighted by Crippen LogP contribution is 2.32. The maximum absolute atomic E-state index is 11.9. The molecular formula is C13H24N2O4. The molecule has 0 aromatic heterocycles. The van der Waals surface area contributed by atoms with E-state index in [1.807, 2.05) is 13.8 Å². The molecule has 1 heterocycles. The van der Waals surface area contributed by atoms with Crippen LogP contribution in [0.1, 0.15) is 34.6 Å². The molecule has 1 fully saturated rings. The molecule has 110 valence electrons. The molecule has 0 saturated carbocycles. The van der Waals surface area contributed by atoms with E-state index in [-0.39, 0.29) is 11.4 Å².